The van der Waals surface area contributed by atoms with Gasteiger partial charge in [0, 0.05) is 12.6 Å². The Bertz CT molecular complexity index is 463. The Kier molecular flexibility index (Phi) is 4.32. The molecule has 0 saturated carbocycles. The first-order chi connectivity index (χ1) is 7.65. The number of hydrogen-bond acceptors (Lipinski definition) is 3. The van der Waals surface area contributed by atoms with E-state index in [0.29, 0.717) is 17.0 Å². The first-order valence-corrected chi connectivity index (χ1v) is 5.39. The lowest BCUT2D eigenvalue weighted by Crippen LogP contribution is -2.01. The van der Waals surface area contributed by atoms with Crippen molar-refractivity contribution in [2.45, 2.75) is 6.92 Å². The lowest BCUT2D eigenvalue weighted by Gasteiger charge is -2.12. The Labute approximate surface area is 103 Å². The third-order valence-electron chi connectivity index (χ3n) is 2.14. The topological polar surface area (TPSA) is 57.4 Å². The molecule has 0 radical (unpaired) electrons. The number of anilines is 1. The number of rotatable bonds is 3. The maximum Gasteiger partial charge on any atom is 0.137 e. The van der Waals surface area contributed by atoms with Gasteiger partial charge in [-0.15, -0.1) is 0 Å². The average Bonchev–Trinajstić information content (AvgIpc) is 2.26. The van der Waals surface area contributed by atoms with Crippen molar-refractivity contribution in [1.82, 2.24) is 0 Å². The molecule has 0 amide bonds. The highest BCUT2D eigenvalue weighted by Crippen LogP contribution is 2.35. The third-order valence-corrected chi connectivity index (χ3v) is 2.73. The molecule has 0 fully saturated rings. The van der Waals surface area contributed by atoms with Crippen molar-refractivity contribution >= 4 is 28.0 Å². The number of methoxy groups -OCH3 is 1. The summed E-state index contributed by atoms with van der Waals surface area (Å²) in [6.45, 7) is 1.84. The SMILES string of the molecule is CN=CNc1cc(Br)c(OC)c(C)c1C#N. The molecule has 5 heteroatoms. The van der Waals surface area contributed by atoms with E-state index in [2.05, 4.69) is 32.3 Å². The molecule has 84 valence electrons. The molecule has 0 spiro atoms. The summed E-state index contributed by atoms with van der Waals surface area (Å²) in [6.07, 6.45) is 1.54. The molecular weight excluding hydrogens is 270 g/mol. The van der Waals surface area contributed by atoms with E-state index < -0.39 is 0 Å². The van der Waals surface area contributed by atoms with Crippen LogP contribution in [0.5, 0.6) is 5.75 Å². The number of ether oxygens (including phenoxy) is 1. The Hall–Kier alpha value is -1.54. The number of hydrogen-bond donors (Lipinski definition) is 1. The summed E-state index contributed by atoms with van der Waals surface area (Å²) in [6, 6.07) is 3.95. The number of aliphatic imine (C=N–C) groups is 1. The van der Waals surface area contributed by atoms with E-state index in [1.54, 1.807) is 20.2 Å². The van der Waals surface area contributed by atoms with Gasteiger partial charge in [0.1, 0.15) is 11.8 Å². The largest absolute Gasteiger partial charge is 0.495 e. The highest BCUT2D eigenvalue weighted by Gasteiger charge is 2.13. The van der Waals surface area contributed by atoms with Gasteiger partial charge in [-0.3, -0.25) is 4.99 Å². The smallest absolute Gasteiger partial charge is 0.137 e. The lowest BCUT2D eigenvalue weighted by atomic mass is 10.1. The van der Waals surface area contributed by atoms with Crippen LogP contribution in [0.4, 0.5) is 5.69 Å². The Morgan fingerprint density at radius 1 is 1.62 bits per heavy atom. The van der Waals surface area contributed by atoms with Crippen LogP contribution in [-0.2, 0) is 0 Å². The van der Waals surface area contributed by atoms with Gasteiger partial charge in [0.15, 0.2) is 0 Å². The predicted octanol–water partition coefficient (Wildman–Crippen LogP) is 2.71. The summed E-state index contributed by atoms with van der Waals surface area (Å²) >= 11 is 3.39. The molecule has 16 heavy (non-hydrogen) atoms. The van der Waals surface area contributed by atoms with Gasteiger partial charge in [0.25, 0.3) is 0 Å². The highest BCUT2D eigenvalue weighted by atomic mass is 79.9. The molecule has 0 atom stereocenters. The first kappa shape index (κ1) is 12.5. The van der Waals surface area contributed by atoms with Gasteiger partial charge in [-0.05, 0) is 28.9 Å². The number of nitrogens with zero attached hydrogens (tertiary/aromatic N) is 2. The van der Waals surface area contributed by atoms with Crippen molar-refractivity contribution in [3.63, 3.8) is 0 Å². The van der Waals surface area contributed by atoms with E-state index in [1.807, 2.05) is 6.92 Å². The molecule has 1 rings (SSSR count). The Balaban J connectivity index is 3.36. The summed E-state index contributed by atoms with van der Waals surface area (Å²) in [5, 5.41) is 12.1. The van der Waals surface area contributed by atoms with E-state index in [0.717, 1.165) is 10.0 Å². The third kappa shape index (κ3) is 2.34. The normalized spacial score (nSPS) is 10.2. The van der Waals surface area contributed by atoms with Crippen molar-refractivity contribution in [2.24, 2.45) is 4.99 Å². The fourth-order valence-electron chi connectivity index (χ4n) is 1.40. The molecule has 0 saturated heterocycles. The summed E-state index contributed by atoms with van der Waals surface area (Å²) in [5.74, 6) is 0.676. The molecule has 1 aromatic rings. The van der Waals surface area contributed by atoms with Gasteiger partial charge in [0.05, 0.1) is 29.2 Å². The molecular formula is C11H12BrN3O. The van der Waals surface area contributed by atoms with Gasteiger partial charge in [0.2, 0.25) is 0 Å². The van der Waals surface area contributed by atoms with E-state index in [-0.39, 0.29) is 0 Å². The minimum absolute atomic E-state index is 0.556. The zero-order valence-corrected chi connectivity index (χ0v) is 10.9. The zero-order valence-electron chi connectivity index (χ0n) is 9.34. The Morgan fingerprint density at radius 2 is 2.31 bits per heavy atom. The minimum Gasteiger partial charge on any atom is -0.495 e. The van der Waals surface area contributed by atoms with Crippen LogP contribution in [-0.4, -0.2) is 20.5 Å². The van der Waals surface area contributed by atoms with Crippen LogP contribution in [0, 0.1) is 18.3 Å². The monoisotopic (exact) mass is 281 g/mol. The summed E-state index contributed by atoms with van der Waals surface area (Å²) < 4.78 is 6.02. The van der Waals surface area contributed by atoms with E-state index in [4.69, 9.17) is 10.00 Å². The van der Waals surface area contributed by atoms with Crippen molar-refractivity contribution in [2.75, 3.05) is 19.5 Å². The molecule has 0 aromatic heterocycles. The van der Waals surface area contributed by atoms with Crippen LogP contribution in [0.1, 0.15) is 11.1 Å². The standard InChI is InChI=1S/C11H12BrN3O/c1-7-8(5-13)10(15-6-14-2)4-9(12)11(7)16-3/h4,6H,1-3H3,(H,14,15). The summed E-state index contributed by atoms with van der Waals surface area (Å²) in [4.78, 5) is 3.82. The number of halogens is 1. The van der Waals surface area contributed by atoms with Crippen LogP contribution < -0.4 is 10.1 Å². The van der Waals surface area contributed by atoms with Crippen molar-refractivity contribution in [1.29, 1.82) is 5.26 Å². The molecule has 0 aliphatic rings. The van der Waals surface area contributed by atoms with Gasteiger partial charge in [-0.1, -0.05) is 0 Å². The van der Waals surface area contributed by atoms with Crippen molar-refractivity contribution in [3.8, 4) is 11.8 Å². The maximum absolute atomic E-state index is 9.10. The average molecular weight is 282 g/mol. The van der Waals surface area contributed by atoms with Crippen molar-refractivity contribution < 1.29 is 4.74 Å². The van der Waals surface area contributed by atoms with Gasteiger partial charge >= 0.3 is 0 Å². The lowest BCUT2D eigenvalue weighted by molar-refractivity contribution is 0.409. The van der Waals surface area contributed by atoms with Crippen LogP contribution in [0.15, 0.2) is 15.5 Å². The molecule has 4 nitrogen and oxygen atoms in total. The van der Waals surface area contributed by atoms with Crippen LogP contribution in [0.25, 0.3) is 0 Å². The second kappa shape index (κ2) is 5.52. The van der Waals surface area contributed by atoms with E-state index >= 15 is 0 Å². The quantitative estimate of drug-likeness (QED) is 0.685. The molecule has 0 aliphatic carbocycles. The first-order valence-electron chi connectivity index (χ1n) is 4.60. The second-order valence-corrected chi connectivity index (χ2v) is 3.94. The van der Waals surface area contributed by atoms with Gasteiger partial charge < -0.3 is 10.1 Å². The molecule has 0 unspecified atom stereocenters. The predicted molar refractivity (Wildman–Crippen MR) is 68.2 cm³/mol. The number of nitrogens with one attached hydrogen (secondary N) is 1. The van der Waals surface area contributed by atoms with Crippen LogP contribution >= 0.6 is 15.9 Å². The Morgan fingerprint density at radius 3 is 2.81 bits per heavy atom. The van der Waals surface area contributed by atoms with Crippen LogP contribution in [0.3, 0.4) is 0 Å². The fourth-order valence-corrected chi connectivity index (χ4v) is 2.09. The fraction of sp³-hybridized carbons (Fsp3) is 0.273. The highest BCUT2D eigenvalue weighted by molar-refractivity contribution is 9.10. The number of benzene rings is 1. The molecule has 0 aliphatic heterocycles. The van der Waals surface area contributed by atoms with E-state index in [1.165, 1.54) is 6.34 Å². The van der Waals surface area contributed by atoms with Crippen LogP contribution in [0.2, 0.25) is 0 Å². The van der Waals surface area contributed by atoms with Gasteiger partial charge in [-0.2, -0.15) is 5.26 Å². The summed E-state index contributed by atoms with van der Waals surface area (Å²) in [7, 11) is 3.24. The minimum atomic E-state index is 0.556. The number of nitriles is 1. The molecule has 0 bridgehead atoms. The van der Waals surface area contributed by atoms with Crippen molar-refractivity contribution in [3.05, 3.63) is 21.7 Å². The second-order valence-electron chi connectivity index (χ2n) is 3.08. The zero-order chi connectivity index (χ0) is 12.1. The molecule has 1 aromatic carbocycles. The molecule has 0 heterocycles. The van der Waals surface area contributed by atoms with Gasteiger partial charge in [-0.25, -0.2) is 0 Å². The maximum atomic E-state index is 9.10. The summed E-state index contributed by atoms with van der Waals surface area (Å²) in [5.41, 5.74) is 2.06. The van der Waals surface area contributed by atoms with E-state index in [9.17, 15) is 0 Å². The molecule has 1 N–H and O–H groups in total.